The maximum atomic E-state index is 3.62. The van der Waals surface area contributed by atoms with E-state index in [0.29, 0.717) is 0 Å². The molecule has 0 spiro atoms. The van der Waals surface area contributed by atoms with Gasteiger partial charge < -0.3 is 5.32 Å². The summed E-state index contributed by atoms with van der Waals surface area (Å²) in [6.07, 6.45) is 4.36. The van der Waals surface area contributed by atoms with Crippen LogP contribution in [-0.4, -0.2) is 24.1 Å². The molecule has 1 nitrogen and oxygen atoms in total. The van der Waals surface area contributed by atoms with Gasteiger partial charge in [0.2, 0.25) is 0 Å². The molecule has 1 saturated heterocycles. The second-order valence-electron chi connectivity index (χ2n) is 3.41. The predicted octanol–water partition coefficient (Wildman–Crippen LogP) is 1.49. The number of hydrogen-bond acceptors (Lipinski definition) is 2. The molecule has 58 valence electrons. The van der Waals surface area contributed by atoms with E-state index in [-0.39, 0.29) is 0 Å². The molecule has 2 rings (SSSR count). The third kappa shape index (κ3) is 1.89. The van der Waals surface area contributed by atoms with E-state index in [1.165, 1.54) is 37.3 Å². The Bertz CT molecular complexity index is 106. The van der Waals surface area contributed by atoms with Gasteiger partial charge in [-0.05, 0) is 37.5 Å². The van der Waals surface area contributed by atoms with Crippen molar-refractivity contribution in [3.63, 3.8) is 0 Å². The van der Waals surface area contributed by atoms with E-state index in [2.05, 4.69) is 17.1 Å². The van der Waals surface area contributed by atoms with Crippen LogP contribution >= 0.6 is 11.8 Å². The molecule has 0 aromatic heterocycles. The van der Waals surface area contributed by atoms with Crippen molar-refractivity contribution in [2.75, 3.05) is 18.1 Å². The molecule has 0 bridgehead atoms. The van der Waals surface area contributed by atoms with E-state index in [4.69, 9.17) is 0 Å². The normalized spacial score (nSPS) is 33.0. The quantitative estimate of drug-likeness (QED) is 0.666. The van der Waals surface area contributed by atoms with Crippen LogP contribution in [0, 0.1) is 5.92 Å². The molecule has 0 amide bonds. The summed E-state index contributed by atoms with van der Waals surface area (Å²) in [4.78, 5) is 0. The van der Waals surface area contributed by atoms with Gasteiger partial charge in [0.1, 0.15) is 0 Å². The van der Waals surface area contributed by atoms with Crippen LogP contribution in [-0.2, 0) is 0 Å². The van der Waals surface area contributed by atoms with Crippen molar-refractivity contribution in [3.05, 3.63) is 0 Å². The summed E-state index contributed by atoms with van der Waals surface area (Å²) >= 11 is 2.09. The zero-order chi connectivity index (χ0) is 6.81. The fourth-order valence-corrected chi connectivity index (χ4v) is 2.54. The molecule has 0 aromatic rings. The Hall–Kier alpha value is 0.310. The van der Waals surface area contributed by atoms with Gasteiger partial charge in [-0.1, -0.05) is 0 Å². The zero-order valence-corrected chi connectivity index (χ0v) is 7.12. The summed E-state index contributed by atoms with van der Waals surface area (Å²) in [5.74, 6) is 3.78. The van der Waals surface area contributed by atoms with Gasteiger partial charge in [-0.2, -0.15) is 11.8 Å². The first-order valence-corrected chi connectivity index (χ1v) is 5.42. The number of rotatable bonds is 3. The molecule has 2 aliphatic rings. The monoisotopic (exact) mass is 157 g/mol. The standard InChI is InChI=1S/C8H15NS/c1-2-7(1)5-9-8-3-4-10-6-8/h7-9H,1-6H2/t8-/m0/s1. The maximum absolute atomic E-state index is 3.62. The van der Waals surface area contributed by atoms with E-state index in [0.717, 1.165) is 12.0 Å². The van der Waals surface area contributed by atoms with Gasteiger partial charge in [-0.15, -0.1) is 0 Å². The molecule has 10 heavy (non-hydrogen) atoms. The Kier molecular flexibility index (Phi) is 2.19. The molecule has 1 heterocycles. The summed E-state index contributed by atoms with van der Waals surface area (Å²) < 4.78 is 0. The molecule has 0 aromatic carbocycles. The molecule has 2 heteroatoms. The lowest BCUT2D eigenvalue weighted by atomic mass is 10.2. The molecule has 1 aliphatic carbocycles. The van der Waals surface area contributed by atoms with Gasteiger partial charge in [0.05, 0.1) is 0 Å². The Balaban J connectivity index is 1.59. The van der Waals surface area contributed by atoms with Crippen molar-refractivity contribution in [2.24, 2.45) is 5.92 Å². The van der Waals surface area contributed by atoms with Crippen LogP contribution in [0.2, 0.25) is 0 Å². The summed E-state index contributed by atoms with van der Waals surface area (Å²) in [6, 6.07) is 0.852. The van der Waals surface area contributed by atoms with Gasteiger partial charge in [0.25, 0.3) is 0 Å². The Morgan fingerprint density at radius 2 is 2.20 bits per heavy atom. The predicted molar refractivity (Wildman–Crippen MR) is 46.5 cm³/mol. The van der Waals surface area contributed by atoms with Crippen molar-refractivity contribution >= 4 is 11.8 Å². The first-order valence-electron chi connectivity index (χ1n) is 4.26. The molecular formula is C8H15NS. The van der Waals surface area contributed by atoms with Gasteiger partial charge in [0.15, 0.2) is 0 Å². The number of nitrogens with one attached hydrogen (secondary N) is 1. The van der Waals surface area contributed by atoms with Crippen molar-refractivity contribution < 1.29 is 0 Å². The molecule has 1 N–H and O–H groups in total. The minimum atomic E-state index is 0.852. The molecule has 1 saturated carbocycles. The van der Waals surface area contributed by atoms with Crippen molar-refractivity contribution in [1.82, 2.24) is 5.32 Å². The van der Waals surface area contributed by atoms with Crippen molar-refractivity contribution in [1.29, 1.82) is 0 Å². The smallest absolute Gasteiger partial charge is 0.0166 e. The highest BCUT2D eigenvalue weighted by atomic mass is 32.2. The molecule has 1 aliphatic heterocycles. The van der Waals surface area contributed by atoms with E-state index < -0.39 is 0 Å². The van der Waals surface area contributed by atoms with Crippen LogP contribution in [0.3, 0.4) is 0 Å². The number of thioether (sulfide) groups is 1. The Labute approximate surface area is 67.0 Å². The van der Waals surface area contributed by atoms with E-state index in [1.54, 1.807) is 0 Å². The first kappa shape index (κ1) is 6.99. The average Bonchev–Trinajstić information content (AvgIpc) is 2.63. The highest BCUT2D eigenvalue weighted by Crippen LogP contribution is 2.28. The third-order valence-electron chi connectivity index (χ3n) is 2.32. The molecule has 2 fully saturated rings. The van der Waals surface area contributed by atoms with Crippen LogP contribution in [0.4, 0.5) is 0 Å². The lowest BCUT2D eigenvalue weighted by Gasteiger charge is -2.09. The topological polar surface area (TPSA) is 12.0 Å². The van der Waals surface area contributed by atoms with Crippen molar-refractivity contribution in [3.8, 4) is 0 Å². The summed E-state index contributed by atoms with van der Waals surface area (Å²) in [7, 11) is 0. The molecular weight excluding hydrogens is 142 g/mol. The summed E-state index contributed by atoms with van der Waals surface area (Å²) in [6.45, 7) is 1.30. The van der Waals surface area contributed by atoms with E-state index in [9.17, 15) is 0 Å². The Morgan fingerprint density at radius 3 is 2.80 bits per heavy atom. The highest BCUT2D eigenvalue weighted by Gasteiger charge is 2.23. The highest BCUT2D eigenvalue weighted by molar-refractivity contribution is 7.99. The fourth-order valence-electron chi connectivity index (χ4n) is 1.35. The molecule has 0 radical (unpaired) electrons. The van der Waals surface area contributed by atoms with Gasteiger partial charge in [-0.3, -0.25) is 0 Å². The minimum absolute atomic E-state index is 0.852. The largest absolute Gasteiger partial charge is 0.313 e. The molecule has 0 unspecified atom stereocenters. The SMILES string of the molecule is C1C[C@H](NCC2CC2)CS1. The second kappa shape index (κ2) is 3.14. The van der Waals surface area contributed by atoms with Crippen molar-refractivity contribution in [2.45, 2.75) is 25.3 Å². The van der Waals surface area contributed by atoms with E-state index >= 15 is 0 Å². The van der Waals surface area contributed by atoms with Crippen LogP contribution in [0.25, 0.3) is 0 Å². The average molecular weight is 157 g/mol. The second-order valence-corrected chi connectivity index (χ2v) is 4.56. The minimum Gasteiger partial charge on any atom is -0.313 e. The first-order chi connectivity index (χ1) is 4.95. The Morgan fingerprint density at radius 1 is 1.30 bits per heavy atom. The lowest BCUT2D eigenvalue weighted by Crippen LogP contribution is -2.30. The summed E-state index contributed by atoms with van der Waals surface area (Å²) in [5, 5.41) is 3.62. The summed E-state index contributed by atoms with van der Waals surface area (Å²) in [5.41, 5.74) is 0. The van der Waals surface area contributed by atoms with Crippen LogP contribution in [0.5, 0.6) is 0 Å². The van der Waals surface area contributed by atoms with Crippen LogP contribution < -0.4 is 5.32 Å². The zero-order valence-electron chi connectivity index (χ0n) is 6.31. The van der Waals surface area contributed by atoms with E-state index in [1.807, 2.05) is 0 Å². The maximum Gasteiger partial charge on any atom is 0.0166 e. The fraction of sp³-hybridized carbons (Fsp3) is 1.00. The van der Waals surface area contributed by atoms with Crippen LogP contribution in [0.1, 0.15) is 19.3 Å². The van der Waals surface area contributed by atoms with Gasteiger partial charge >= 0.3 is 0 Å². The number of hydrogen-bond donors (Lipinski definition) is 1. The third-order valence-corrected chi connectivity index (χ3v) is 3.48. The molecule has 1 atom stereocenters. The lowest BCUT2D eigenvalue weighted by molar-refractivity contribution is 0.536. The van der Waals surface area contributed by atoms with Gasteiger partial charge in [0, 0.05) is 11.8 Å². The van der Waals surface area contributed by atoms with Crippen LogP contribution in [0.15, 0.2) is 0 Å². The van der Waals surface area contributed by atoms with Gasteiger partial charge in [-0.25, -0.2) is 0 Å².